The van der Waals surface area contributed by atoms with E-state index in [4.69, 9.17) is 4.74 Å². The van der Waals surface area contributed by atoms with Crippen LogP contribution in [0.15, 0.2) is 54.6 Å². The Balaban J connectivity index is 1.55. The Morgan fingerprint density at radius 3 is 2.58 bits per heavy atom. The first-order chi connectivity index (χ1) is 15.8. The van der Waals surface area contributed by atoms with E-state index in [-0.39, 0.29) is 5.91 Å². The molecule has 0 radical (unpaired) electrons. The largest absolute Gasteiger partial charge is 0.478 e. The zero-order valence-corrected chi connectivity index (χ0v) is 19.3. The molecule has 0 aliphatic heterocycles. The number of unbranched alkanes of at least 4 members (excludes halogenated alkanes) is 5. The number of halogens is 3. The van der Waals surface area contributed by atoms with Gasteiger partial charge in [0.2, 0.25) is 11.8 Å². The second-order valence-electron chi connectivity index (χ2n) is 8.39. The molecule has 0 spiro atoms. The second kappa shape index (κ2) is 13.7. The van der Waals surface area contributed by atoms with Crippen molar-refractivity contribution in [3.8, 4) is 5.88 Å². The number of alkyl halides is 3. The van der Waals surface area contributed by atoms with Gasteiger partial charge in [-0.25, -0.2) is 4.98 Å². The molecular weight excluding hydrogens is 429 g/mol. The highest BCUT2D eigenvalue weighted by Gasteiger charge is 2.30. The van der Waals surface area contributed by atoms with E-state index in [1.807, 2.05) is 6.08 Å². The molecule has 180 valence electrons. The summed E-state index contributed by atoms with van der Waals surface area (Å²) in [7, 11) is 0. The zero-order chi connectivity index (χ0) is 24.1. The number of hydrogen-bond donors (Lipinski definition) is 1. The van der Waals surface area contributed by atoms with Crippen LogP contribution in [0.5, 0.6) is 5.88 Å². The highest BCUT2D eigenvalue weighted by molar-refractivity contribution is 5.87. The smallest absolute Gasteiger partial charge is 0.416 e. The van der Waals surface area contributed by atoms with Gasteiger partial charge in [-0.05, 0) is 49.4 Å². The molecule has 0 aliphatic carbocycles. The number of pyridine rings is 1. The number of hydrogen-bond acceptors (Lipinski definition) is 3. The number of carbonyl (C=O) groups excluding carboxylic acids is 1. The summed E-state index contributed by atoms with van der Waals surface area (Å²) in [5.74, 6) is 0.807. The number of rotatable bonds is 13. The summed E-state index contributed by atoms with van der Waals surface area (Å²) in [4.78, 5) is 15.8. The summed E-state index contributed by atoms with van der Waals surface area (Å²) in [6.45, 7) is 5.32. The zero-order valence-electron chi connectivity index (χ0n) is 19.3. The van der Waals surface area contributed by atoms with E-state index in [1.54, 1.807) is 24.3 Å². The predicted octanol–water partition coefficient (Wildman–Crippen LogP) is 6.86. The molecule has 1 aromatic heterocycles. The van der Waals surface area contributed by atoms with Crippen LogP contribution in [0.25, 0.3) is 10.9 Å². The number of aromatic nitrogens is 1. The van der Waals surface area contributed by atoms with Crippen molar-refractivity contribution >= 4 is 16.8 Å². The standard InChI is InChI=1S/C26H33F3N2O2/c1-20(2)19-30-24(32)12-10-8-6-4-3-5-7-9-11-17-33-25-16-13-21-18-22(26(27,28)29)14-15-23(21)31-25/h6,8,10,12-16,18,20H,3-5,7,9,11,17,19H2,1-2H3,(H,30,32). The van der Waals surface area contributed by atoms with E-state index < -0.39 is 11.7 Å². The van der Waals surface area contributed by atoms with Crippen molar-refractivity contribution in [3.05, 3.63) is 60.2 Å². The predicted molar refractivity (Wildman–Crippen MR) is 126 cm³/mol. The van der Waals surface area contributed by atoms with E-state index in [1.165, 1.54) is 6.07 Å². The second-order valence-corrected chi connectivity index (χ2v) is 8.39. The summed E-state index contributed by atoms with van der Waals surface area (Å²) in [6.07, 6.45) is 9.17. The van der Waals surface area contributed by atoms with Crippen LogP contribution in [0.3, 0.4) is 0 Å². The van der Waals surface area contributed by atoms with Crippen molar-refractivity contribution in [3.63, 3.8) is 0 Å². The van der Waals surface area contributed by atoms with Crippen LogP contribution in [0.4, 0.5) is 13.2 Å². The number of nitrogens with zero attached hydrogens (tertiary/aromatic N) is 1. The number of carbonyl (C=O) groups is 1. The van der Waals surface area contributed by atoms with Gasteiger partial charge in [-0.15, -0.1) is 0 Å². The van der Waals surface area contributed by atoms with Crippen molar-refractivity contribution in [2.75, 3.05) is 13.2 Å². The maximum atomic E-state index is 12.8. The summed E-state index contributed by atoms with van der Waals surface area (Å²) in [5, 5.41) is 3.27. The van der Waals surface area contributed by atoms with Gasteiger partial charge in [0, 0.05) is 24.1 Å². The molecule has 0 atom stereocenters. The fourth-order valence-corrected chi connectivity index (χ4v) is 3.12. The SMILES string of the molecule is CC(C)CNC(=O)C=CC=CCCCCCCCOc1ccc2cc(C(F)(F)F)ccc2n1. The van der Waals surface area contributed by atoms with Crippen molar-refractivity contribution in [2.24, 2.45) is 5.92 Å². The quantitative estimate of drug-likeness (QED) is 0.201. The highest BCUT2D eigenvalue weighted by atomic mass is 19.4. The third-order valence-corrected chi connectivity index (χ3v) is 4.94. The molecule has 1 amide bonds. The molecule has 0 saturated heterocycles. The average Bonchev–Trinajstić information content (AvgIpc) is 2.77. The number of amides is 1. The molecule has 0 bridgehead atoms. The molecule has 7 heteroatoms. The van der Waals surface area contributed by atoms with Crippen LogP contribution in [0, 0.1) is 5.92 Å². The van der Waals surface area contributed by atoms with E-state index in [2.05, 4.69) is 30.2 Å². The van der Waals surface area contributed by atoms with Gasteiger partial charge in [-0.3, -0.25) is 4.79 Å². The molecular formula is C26H33F3N2O2. The first-order valence-corrected chi connectivity index (χ1v) is 11.5. The summed E-state index contributed by atoms with van der Waals surface area (Å²) in [5.41, 5.74) is -0.193. The molecule has 1 aromatic carbocycles. The third-order valence-electron chi connectivity index (χ3n) is 4.94. The van der Waals surface area contributed by atoms with Gasteiger partial charge in [0.1, 0.15) is 0 Å². The van der Waals surface area contributed by atoms with Gasteiger partial charge in [0.05, 0.1) is 17.7 Å². The van der Waals surface area contributed by atoms with Crippen molar-refractivity contribution < 1.29 is 22.7 Å². The van der Waals surface area contributed by atoms with Crippen LogP contribution >= 0.6 is 0 Å². The lowest BCUT2D eigenvalue weighted by Crippen LogP contribution is -2.25. The van der Waals surface area contributed by atoms with Crippen molar-refractivity contribution in [1.29, 1.82) is 0 Å². The maximum Gasteiger partial charge on any atom is 0.416 e. The lowest BCUT2D eigenvalue weighted by Gasteiger charge is -2.09. The Morgan fingerprint density at radius 2 is 1.82 bits per heavy atom. The van der Waals surface area contributed by atoms with E-state index in [0.29, 0.717) is 35.9 Å². The summed E-state index contributed by atoms with van der Waals surface area (Å²) >= 11 is 0. The first kappa shape index (κ1) is 26.4. The lowest BCUT2D eigenvalue weighted by molar-refractivity contribution is -0.137. The molecule has 0 saturated carbocycles. The van der Waals surface area contributed by atoms with Gasteiger partial charge in [0.15, 0.2) is 0 Å². The minimum atomic E-state index is -4.36. The van der Waals surface area contributed by atoms with Crippen molar-refractivity contribution in [2.45, 2.75) is 58.5 Å². The Labute approximate surface area is 193 Å². The third kappa shape index (κ3) is 10.6. The van der Waals surface area contributed by atoms with Crippen LogP contribution < -0.4 is 10.1 Å². The fraction of sp³-hybridized carbons (Fsp3) is 0.462. The molecule has 0 aliphatic rings. The first-order valence-electron chi connectivity index (χ1n) is 11.5. The van der Waals surface area contributed by atoms with Gasteiger partial charge in [-0.1, -0.05) is 51.3 Å². The van der Waals surface area contributed by atoms with E-state index in [9.17, 15) is 18.0 Å². The van der Waals surface area contributed by atoms with E-state index in [0.717, 1.165) is 50.7 Å². The monoisotopic (exact) mass is 462 g/mol. The number of nitrogens with one attached hydrogen (secondary N) is 1. The lowest BCUT2D eigenvalue weighted by atomic mass is 10.1. The highest BCUT2D eigenvalue weighted by Crippen LogP contribution is 2.31. The van der Waals surface area contributed by atoms with Crippen molar-refractivity contribution in [1.82, 2.24) is 10.3 Å². The molecule has 33 heavy (non-hydrogen) atoms. The van der Waals surface area contributed by atoms with Crippen LogP contribution in [-0.4, -0.2) is 24.0 Å². The maximum absolute atomic E-state index is 12.8. The molecule has 0 fully saturated rings. The Morgan fingerprint density at radius 1 is 1.06 bits per heavy atom. The Kier molecular flexibility index (Phi) is 10.9. The Bertz CT molecular complexity index is 937. The van der Waals surface area contributed by atoms with Gasteiger partial charge in [-0.2, -0.15) is 13.2 Å². The van der Waals surface area contributed by atoms with E-state index >= 15 is 0 Å². The topological polar surface area (TPSA) is 51.2 Å². The van der Waals surface area contributed by atoms with Crippen LogP contribution in [0.1, 0.15) is 57.9 Å². The number of allylic oxidation sites excluding steroid dienone is 3. The molecule has 1 N–H and O–H groups in total. The molecule has 2 aromatic rings. The average molecular weight is 463 g/mol. The van der Waals surface area contributed by atoms with Gasteiger partial charge < -0.3 is 10.1 Å². The van der Waals surface area contributed by atoms with Gasteiger partial charge in [0.25, 0.3) is 0 Å². The fourth-order valence-electron chi connectivity index (χ4n) is 3.12. The number of benzene rings is 1. The minimum Gasteiger partial charge on any atom is -0.478 e. The molecule has 0 unspecified atom stereocenters. The summed E-state index contributed by atoms with van der Waals surface area (Å²) in [6, 6.07) is 6.72. The molecule has 1 heterocycles. The summed E-state index contributed by atoms with van der Waals surface area (Å²) < 4.78 is 44.0. The normalized spacial score (nSPS) is 12.3. The number of ether oxygens (including phenoxy) is 1. The molecule has 2 rings (SSSR count). The van der Waals surface area contributed by atoms with Gasteiger partial charge >= 0.3 is 6.18 Å². The van der Waals surface area contributed by atoms with Crippen LogP contribution in [0.2, 0.25) is 0 Å². The number of fused-ring (bicyclic) bond motifs is 1. The van der Waals surface area contributed by atoms with Crippen LogP contribution in [-0.2, 0) is 11.0 Å². The minimum absolute atomic E-state index is 0.0648. The Hall–Kier alpha value is -2.83. The molecule has 4 nitrogen and oxygen atoms in total.